The normalized spacial score (nSPS) is 14.6. The van der Waals surface area contributed by atoms with E-state index in [1.807, 2.05) is 0 Å². The van der Waals surface area contributed by atoms with Crippen LogP contribution in [0.15, 0.2) is 46.1 Å². The summed E-state index contributed by atoms with van der Waals surface area (Å²) in [7, 11) is -2.31. The molecule has 1 amide bonds. The van der Waals surface area contributed by atoms with E-state index in [9.17, 15) is 22.4 Å². The number of halogens is 1. The lowest BCUT2D eigenvalue weighted by Gasteiger charge is -2.39. The Morgan fingerprint density at radius 3 is 2.64 bits per heavy atom. The molecule has 1 saturated heterocycles. The second-order valence-electron chi connectivity index (χ2n) is 6.55. The van der Waals surface area contributed by atoms with Crippen LogP contribution in [-0.4, -0.2) is 49.5 Å². The van der Waals surface area contributed by atoms with Crippen molar-refractivity contribution in [1.29, 1.82) is 0 Å². The molecule has 0 bridgehead atoms. The molecule has 2 aromatic rings. The first kappa shape index (κ1) is 20.0. The number of hydrogen-bond acceptors (Lipinski definition) is 5. The molecule has 1 fully saturated rings. The summed E-state index contributed by atoms with van der Waals surface area (Å²) in [6, 6.07) is 7.65. The van der Waals surface area contributed by atoms with Gasteiger partial charge >= 0.3 is 0 Å². The molecule has 0 spiro atoms. The van der Waals surface area contributed by atoms with Crippen LogP contribution in [0.25, 0.3) is 0 Å². The van der Waals surface area contributed by atoms with E-state index in [1.165, 1.54) is 27.7 Å². The molecule has 2 heterocycles. The minimum absolute atomic E-state index is 0.186. The standard InChI is InChI=1S/C18H20FN3O5S/c1-12-6-14(8-17(23)21(12)2)27-15-10-22(11-15)18(24)9-20-28(25,26)16-5-3-4-13(19)7-16/h3-8,15,20H,9-11H2,1-2H3. The van der Waals surface area contributed by atoms with Crippen LogP contribution in [0.4, 0.5) is 4.39 Å². The maximum atomic E-state index is 13.2. The molecule has 3 rings (SSSR count). The minimum Gasteiger partial charge on any atom is -0.486 e. The molecule has 0 atom stereocenters. The fourth-order valence-corrected chi connectivity index (χ4v) is 3.71. The largest absolute Gasteiger partial charge is 0.486 e. The van der Waals surface area contributed by atoms with E-state index < -0.39 is 28.3 Å². The predicted octanol–water partition coefficient (Wildman–Crippen LogP) is 0.401. The van der Waals surface area contributed by atoms with Gasteiger partial charge in [0.1, 0.15) is 17.7 Å². The average molecular weight is 409 g/mol. The van der Waals surface area contributed by atoms with Gasteiger partial charge in [-0.2, -0.15) is 0 Å². The zero-order valence-corrected chi connectivity index (χ0v) is 16.2. The molecular weight excluding hydrogens is 389 g/mol. The summed E-state index contributed by atoms with van der Waals surface area (Å²) < 4.78 is 46.7. The summed E-state index contributed by atoms with van der Waals surface area (Å²) in [6.45, 7) is 1.93. The molecule has 0 saturated carbocycles. The number of likely N-dealkylation sites (tertiary alicyclic amines) is 1. The molecule has 1 aromatic heterocycles. The van der Waals surface area contributed by atoms with Crippen LogP contribution in [0, 0.1) is 12.7 Å². The van der Waals surface area contributed by atoms with Gasteiger partial charge in [0, 0.05) is 18.8 Å². The average Bonchev–Trinajstić information content (AvgIpc) is 2.60. The van der Waals surface area contributed by atoms with Crippen LogP contribution in [0.3, 0.4) is 0 Å². The lowest BCUT2D eigenvalue weighted by Crippen LogP contribution is -2.58. The summed E-state index contributed by atoms with van der Waals surface area (Å²) in [6.07, 6.45) is -0.268. The van der Waals surface area contributed by atoms with Gasteiger partial charge in [-0.1, -0.05) is 6.07 Å². The van der Waals surface area contributed by atoms with Gasteiger partial charge in [0.2, 0.25) is 15.9 Å². The maximum absolute atomic E-state index is 13.2. The monoisotopic (exact) mass is 409 g/mol. The molecule has 0 unspecified atom stereocenters. The lowest BCUT2D eigenvalue weighted by molar-refractivity contribution is -0.138. The zero-order valence-electron chi connectivity index (χ0n) is 15.4. The number of aromatic nitrogens is 1. The minimum atomic E-state index is -3.98. The number of hydrogen-bond donors (Lipinski definition) is 1. The molecule has 0 aliphatic carbocycles. The third-order valence-electron chi connectivity index (χ3n) is 4.50. The number of rotatable bonds is 6. The zero-order chi connectivity index (χ0) is 20.5. The molecule has 0 radical (unpaired) electrons. The van der Waals surface area contributed by atoms with Crippen LogP contribution < -0.4 is 15.0 Å². The number of amides is 1. The predicted molar refractivity (Wildman–Crippen MR) is 99.0 cm³/mol. The van der Waals surface area contributed by atoms with Crippen molar-refractivity contribution in [2.75, 3.05) is 19.6 Å². The van der Waals surface area contributed by atoms with Crippen molar-refractivity contribution in [3.63, 3.8) is 0 Å². The van der Waals surface area contributed by atoms with Crippen LogP contribution >= 0.6 is 0 Å². The third kappa shape index (κ3) is 4.39. The highest BCUT2D eigenvalue weighted by molar-refractivity contribution is 7.89. The van der Waals surface area contributed by atoms with E-state index in [-0.39, 0.29) is 29.6 Å². The second kappa shape index (κ2) is 7.72. The molecule has 1 N–H and O–H groups in total. The number of ether oxygens (including phenoxy) is 1. The number of sulfonamides is 1. The van der Waals surface area contributed by atoms with Crippen molar-refractivity contribution in [1.82, 2.24) is 14.2 Å². The van der Waals surface area contributed by atoms with E-state index in [1.54, 1.807) is 20.0 Å². The molecule has 150 valence electrons. The van der Waals surface area contributed by atoms with Crippen molar-refractivity contribution in [2.24, 2.45) is 7.05 Å². The van der Waals surface area contributed by atoms with Gasteiger partial charge in [-0.25, -0.2) is 17.5 Å². The molecular formula is C18H20FN3O5S. The first-order chi connectivity index (χ1) is 13.2. The van der Waals surface area contributed by atoms with Gasteiger partial charge in [0.15, 0.2) is 0 Å². The molecule has 1 aliphatic heterocycles. The Labute approximate surface area is 161 Å². The maximum Gasteiger partial charge on any atom is 0.254 e. The topological polar surface area (TPSA) is 97.7 Å². The number of nitrogens with one attached hydrogen (secondary N) is 1. The first-order valence-corrected chi connectivity index (χ1v) is 10.0. The Bertz CT molecular complexity index is 1060. The summed E-state index contributed by atoms with van der Waals surface area (Å²) in [5.74, 6) is -0.660. The second-order valence-corrected chi connectivity index (χ2v) is 8.32. The van der Waals surface area contributed by atoms with Crippen LogP contribution in [-0.2, 0) is 21.9 Å². The Kier molecular flexibility index (Phi) is 5.52. The van der Waals surface area contributed by atoms with Gasteiger partial charge in [0.05, 0.1) is 24.5 Å². The first-order valence-electron chi connectivity index (χ1n) is 8.53. The number of nitrogens with zero attached hydrogens (tertiary/aromatic N) is 2. The fraction of sp³-hybridized carbons (Fsp3) is 0.333. The highest BCUT2D eigenvalue weighted by Crippen LogP contribution is 2.18. The van der Waals surface area contributed by atoms with Gasteiger partial charge in [0.25, 0.3) is 5.56 Å². The van der Waals surface area contributed by atoms with E-state index >= 15 is 0 Å². The molecule has 28 heavy (non-hydrogen) atoms. The number of pyridine rings is 1. The summed E-state index contributed by atoms with van der Waals surface area (Å²) in [4.78, 5) is 25.1. The number of aryl methyl sites for hydroxylation is 1. The Balaban J connectivity index is 1.51. The van der Waals surface area contributed by atoms with Crippen LogP contribution in [0.5, 0.6) is 5.75 Å². The SMILES string of the molecule is Cc1cc(OC2CN(C(=O)CNS(=O)(=O)c3cccc(F)c3)C2)cc(=O)n1C. The Morgan fingerprint density at radius 1 is 1.29 bits per heavy atom. The van der Waals surface area contributed by atoms with Crippen molar-refractivity contribution >= 4 is 15.9 Å². The number of carbonyl (C=O) groups excluding carboxylic acids is 1. The van der Waals surface area contributed by atoms with Gasteiger partial charge in [-0.05, 0) is 31.2 Å². The fourth-order valence-electron chi connectivity index (χ4n) is 2.70. The Morgan fingerprint density at radius 2 is 2.00 bits per heavy atom. The summed E-state index contributed by atoms with van der Waals surface area (Å²) >= 11 is 0. The highest BCUT2D eigenvalue weighted by Gasteiger charge is 2.32. The van der Waals surface area contributed by atoms with E-state index in [4.69, 9.17) is 4.74 Å². The summed E-state index contributed by atoms with van der Waals surface area (Å²) in [5, 5.41) is 0. The Hall–Kier alpha value is -2.72. The van der Waals surface area contributed by atoms with Gasteiger partial charge < -0.3 is 14.2 Å². The highest BCUT2D eigenvalue weighted by atomic mass is 32.2. The van der Waals surface area contributed by atoms with Crippen molar-refractivity contribution < 1.29 is 22.3 Å². The quantitative estimate of drug-likeness (QED) is 0.745. The smallest absolute Gasteiger partial charge is 0.254 e. The lowest BCUT2D eigenvalue weighted by atomic mass is 10.1. The molecule has 1 aromatic carbocycles. The number of carbonyl (C=O) groups is 1. The molecule has 1 aliphatic rings. The van der Waals surface area contributed by atoms with Crippen molar-refractivity contribution in [3.8, 4) is 5.75 Å². The van der Waals surface area contributed by atoms with Crippen LogP contribution in [0.1, 0.15) is 5.69 Å². The summed E-state index contributed by atoms with van der Waals surface area (Å²) in [5.41, 5.74) is 0.565. The van der Waals surface area contributed by atoms with E-state index in [2.05, 4.69) is 4.72 Å². The van der Waals surface area contributed by atoms with Crippen molar-refractivity contribution in [3.05, 3.63) is 58.3 Å². The van der Waals surface area contributed by atoms with E-state index in [0.29, 0.717) is 5.75 Å². The van der Waals surface area contributed by atoms with Crippen LogP contribution in [0.2, 0.25) is 0 Å². The third-order valence-corrected chi connectivity index (χ3v) is 5.90. The molecule has 10 heteroatoms. The van der Waals surface area contributed by atoms with E-state index in [0.717, 1.165) is 17.8 Å². The number of benzene rings is 1. The van der Waals surface area contributed by atoms with Gasteiger partial charge in [-0.15, -0.1) is 0 Å². The molecule has 8 nitrogen and oxygen atoms in total. The van der Waals surface area contributed by atoms with Crippen molar-refractivity contribution in [2.45, 2.75) is 17.9 Å². The van der Waals surface area contributed by atoms with Gasteiger partial charge in [-0.3, -0.25) is 9.59 Å².